The van der Waals surface area contributed by atoms with Crippen molar-refractivity contribution in [2.45, 2.75) is 31.2 Å². The Kier molecular flexibility index (Phi) is 7.98. The van der Waals surface area contributed by atoms with Gasteiger partial charge in [0.1, 0.15) is 0 Å². The van der Waals surface area contributed by atoms with Gasteiger partial charge in [0.2, 0.25) is 5.91 Å². The average molecular weight is 462 g/mol. The molecule has 2 amide bonds. The van der Waals surface area contributed by atoms with Gasteiger partial charge in [-0.1, -0.05) is 24.3 Å². The molecule has 2 N–H and O–H groups in total. The van der Waals surface area contributed by atoms with Crippen LogP contribution in [0.3, 0.4) is 0 Å². The number of likely N-dealkylation sites (N-methyl/N-ethyl adjacent to an activating group) is 1. The zero-order valence-corrected chi connectivity index (χ0v) is 19.2. The molecule has 0 fully saturated rings. The standard InChI is InChI=1S/C22H27N3O6S/c1-22(2,3)23-19(26)14-25(4)20(27)15-31-21(28)16-9-8-10-17(13-16)24-32(29,30)18-11-6-5-7-12-18/h5-13,24H,14-15H2,1-4H3,(H,23,26). The molecule has 172 valence electrons. The number of sulfonamides is 1. The van der Waals surface area contributed by atoms with Crippen molar-refractivity contribution in [1.29, 1.82) is 0 Å². The van der Waals surface area contributed by atoms with Crippen LogP contribution in [0.4, 0.5) is 5.69 Å². The first-order chi connectivity index (χ1) is 14.9. The molecule has 0 saturated carbocycles. The van der Waals surface area contributed by atoms with Crippen molar-refractivity contribution in [1.82, 2.24) is 10.2 Å². The predicted molar refractivity (Wildman–Crippen MR) is 120 cm³/mol. The van der Waals surface area contributed by atoms with Gasteiger partial charge in [-0.05, 0) is 51.1 Å². The molecule has 0 spiro atoms. The van der Waals surface area contributed by atoms with Crippen LogP contribution in [-0.4, -0.2) is 56.8 Å². The number of benzene rings is 2. The second kappa shape index (κ2) is 10.3. The van der Waals surface area contributed by atoms with Gasteiger partial charge in [-0.2, -0.15) is 0 Å². The topological polar surface area (TPSA) is 122 Å². The Hall–Kier alpha value is -3.40. The minimum atomic E-state index is -3.82. The van der Waals surface area contributed by atoms with Crippen molar-refractivity contribution >= 4 is 33.5 Å². The molecule has 10 heteroatoms. The first-order valence-electron chi connectivity index (χ1n) is 9.77. The van der Waals surface area contributed by atoms with Crippen LogP contribution in [0.15, 0.2) is 59.5 Å². The molecular formula is C22H27N3O6S. The molecule has 0 radical (unpaired) electrons. The SMILES string of the molecule is CN(CC(=O)NC(C)(C)C)C(=O)COC(=O)c1cccc(NS(=O)(=O)c2ccccc2)c1. The fourth-order valence-electron chi connectivity index (χ4n) is 2.61. The van der Waals surface area contributed by atoms with Gasteiger partial charge < -0.3 is 15.0 Å². The van der Waals surface area contributed by atoms with E-state index in [1.54, 1.807) is 18.2 Å². The number of carbonyl (C=O) groups is 3. The predicted octanol–water partition coefficient (Wildman–Crippen LogP) is 2.02. The lowest BCUT2D eigenvalue weighted by Crippen LogP contribution is -2.46. The van der Waals surface area contributed by atoms with Crippen molar-refractivity contribution in [3.8, 4) is 0 Å². The van der Waals surface area contributed by atoms with Gasteiger partial charge in [-0.15, -0.1) is 0 Å². The molecule has 0 aliphatic rings. The van der Waals surface area contributed by atoms with Gasteiger partial charge in [0.25, 0.3) is 15.9 Å². The number of nitrogens with one attached hydrogen (secondary N) is 2. The highest BCUT2D eigenvalue weighted by Gasteiger charge is 2.20. The molecule has 0 heterocycles. The van der Waals surface area contributed by atoms with Crippen molar-refractivity contribution in [2.24, 2.45) is 0 Å². The molecule has 9 nitrogen and oxygen atoms in total. The number of anilines is 1. The van der Waals surface area contributed by atoms with Gasteiger partial charge in [0, 0.05) is 18.3 Å². The van der Waals surface area contributed by atoms with Gasteiger partial charge in [0.05, 0.1) is 17.0 Å². The summed E-state index contributed by atoms with van der Waals surface area (Å²) in [5, 5.41) is 2.74. The molecule has 0 atom stereocenters. The van der Waals surface area contributed by atoms with E-state index in [-0.39, 0.29) is 28.6 Å². The molecule has 0 bridgehead atoms. The molecule has 0 unspecified atom stereocenters. The maximum absolute atomic E-state index is 12.4. The quantitative estimate of drug-likeness (QED) is 0.580. The summed E-state index contributed by atoms with van der Waals surface area (Å²) < 4.78 is 32.3. The van der Waals surface area contributed by atoms with E-state index in [4.69, 9.17) is 4.74 Å². The Labute approximate surface area is 187 Å². The molecular weight excluding hydrogens is 434 g/mol. The van der Waals surface area contributed by atoms with Crippen LogP contribution in [-0.2, 0) is 24.3 Å². The summed E-state index contributed by atoms with van der Waals surface area (Å²) in [5.74, 6) is -1.69. The van der Waals surface area contributed by atoms with Crippen molar-refractivity contribution in [3.05, 3.63) is 60.2 Å². The van der Waals surface area contributed by atoms with Crippen LogP contribution >= 0.6 is 0 Å². The Morgan fingerprint density at radius 3 is 2.28 bits per heavy atom. The molecule has 2 rings (SSSR count). The number of rotatable bonds is 8. The van der Waals surface area contributed by atoms with E-state index in [0.29, 0.717) is 0 Å². The zero-order valence-electron chi connectivity index (χ0n) is 18.4. The van der Waals surface area contributed by atoms with Gasteiger partial charge in [0.15, 0.2) is 6.61 Å². The summed E-state index contributed by atoms with van der Waals surface area (Å²) in [6, 6.07) is 13.5. The summed E-state index contributed by atoms with van der Waals surface area (Å²) >= 11 is 0. The van der Waals surface area contributed by atoms with Crippen LogP contribution in [0.2, 0.25) is 0 Å². The Bertz CT molecular complexity index is 1080. The fraction of sp³-hybridized carbons (Fsp3) is 0.318. The molecule has 2 aromatic rings. The zero-order chi connectivity index (χ0) is 23.9. The molecule has 0 saturated heterocycles. The Balaban J connectivity index is 1.95. The van der Waals surface area contributed by atoms with E-state index >= 15 is 0 Å². The number of hydrogen-bond acceptors (Lipinski definition) is 6. The second-order valence-electron chi connectivity index (χ2n) is 8.12. The van der Waals surface area contributed by atoms with Gasteiger partial charge in [-0.3, -0.25) is 14.3 Å². The first kappa shape index (κ1) is 24.9. The van der Waals surface area contributed by atoms with Gasteiger partial charge >= 0.3 is 5.97 Å². The van der Waals surface area contributed by atoms with Gasteiger partial charge in [-0.25, -0.2) is 13.2 Å². The van der Waals surface area contributed by atoms with E-state index in [2.05, 4.69) is 10.0 Å². The lowest BCUT2D eigenvalue weighted by Gasteiger charge is -2.23. The minimum Gasteiger partial charge on any atom is -0.452 e. The first-order valence-corrected chi connectivity index (χ1v) is 11.3. The van der Waals surface area contributed by atoms with Crippen LogP contribution < -0.4 is 10.0 Å². The van der Waals surface area contributed by atoms with E-state index in [9.17, 15) is 22.8 Å². The lowest BCUT2D eigenvalue weighted by atomic mass is 10.1. The van der Waals surface area contributed by atoms with Crippen LogP contribution in [0.1, 0.15) is 31.1 Å². The highest BCUT2D eigenvalue weighted by molar-refractivity contribution is 7.92. The van der Waals surface area contributed by atoms with Crippen LogP contribution in [0.25, 0.3) is 0 Å². The summed E-state index contributed by atoms with van der Waals surface area (Å²) in [7, 11) is -2.39. The maximum Gasteiger partial charge on any atom is 0.338 e. The van der Waals surface area contributed by atoms with E-state index in [1.807, 2.05) is 20.8 Å². The summed E-state index contributed by atoms with van der Waals surface area (Å²) in [6.45, 7) is 4.73. The molecule has 32 heavy (non-hydrogen) atoms. The molecule has 0 aliphatic carbocycles. The normalized spacial score (nSPS) is 11.4. The summed E-state index contributed by atoms with van der Waals surface area (Å²) in [6.07, 6.45) is 0. The molecule has 0 aromatic heterocycles. The second-order valence-corrected chi connectivity index (χ2v) is 9.81. The van der Waals surface area contributed by atoms with E-state index in [0.717, 1.165) is 4.90 Å². The third-order valence-electron chi connectivity index (χ3n) is 4.05. The van der Waals surface area contributed by atoms with Crippen LogP contribution in [0, 0.1) is 0 Å². The Morgan fingerprint density at radius 2 is 1.66 bits per heavy atom. The minimum absolute atomic E-state index is 0.0687. The number of carbonyl (C=O) groups excluding carboxylic acids is 3. The number of ether oxygens (including phenoxy) is 1. The largest absolute Gasteiger partial charge is 0.452 e. The number of amides is 2. The molecule has 2 aromatic carbocycles. The summed E-state index contributed by atoms with van der Waals surface area (Å²) in [4.78, 5) is 37.6. The fourth-order valence-corrected chi connectivity index (χ4v) is 3.68. The van der Waals surface area contributed by atoms with Crippen molar-refractivity contribution in [3.63, 3.8) is 0 Å². The Morgan fingerprint density at radius 1 is 1.00 bits per heavy atom. The average Bonchev–Trinajstić information content (AvgIpc) is 2.70. The third kappa shape index (κ3) is 7.69. The lowest BCUT2D eigenvalue weighted by molar-refractivity contribution is -0.137. The third-order valence-corrected chi connectivity index (χ3v) is 5.45. The van der Waals surface area contributed by atoms with E-state index in [1.165, 1.54) is 43.4 Å². The molecule has 0 aliphatic heterocycles. The van der Waals surface area contributed by atoms with Crippen molar-refractivity contribution < 1.29 is 27.5 Å². The van der Waals surface area contributed by atoms with E-state index < -0.39 is 34.0 Å². The van der Waals surface area contributed by atoms with Crippen LogP contribution in [0.5, 0.6) is 0 Å². The highest BCUT2D eigenvalue weighted by atomic mass is 32.2. The summed E-state index contributed by atoms with van der Waals surface area (Å²) in [5.41, 5.74) is -0.190. The number of esters is 1. The smallest absolute Gasteiger partial charge is 0.338 e. The van der Waals surface area contributed by atoms with Crippen molar-refractivity contribution in [2.75, 3.05) is 24.9 Å². The highest BCUT2D eigenvalue weighted by Crippen LogP contribution is 2.17. The monoisotopic (exact) mass is 461 g/mol. The number of hydrogen-bond donors (Lipinski definition) is 2. The number of nitrogens with zero attached hydrogens (tertiary/aromatic N) is 1. The maximum atomic E-state index is 12.4.